The van der Waals surface area contributed by atoms with Crippen molar-refractivity contribution in [2.75, 3.05) is 19.7 Å². The molecule has 6 nitrogen and oxygen atoms in total. The SMILES string of the molecule is Cc1csc([C@H]2CN(Cc3ncnn3CC(C)C)CCO2)n1. The molecule has 3 rings (SSSR count). The van der Waals surface area contributed by atoms with E-state index in [4.69, 9.17) is 4.74 Å². The van der Waals surface area contributed by atoms with Crippen LogP contribution >= 0.6 is 11.3 Å². The average molecular weight is 321 g/mol. The minimum atomic E-state index is 0.0777. The molecule has 1 saturated heterocycles. The van der Waals surface area contributed by atoms with Crippen molar-refractivity contribution in [3.8, 4) is 0 Å². The van der Waals surface area contributed by atoms with Crippen LogP contribution in [0.3, 0.4) is 0 Å². The summed E-state index contributed by atoms with van der Waals surface area (Å²) >= 11 is 1.68. The molecule has 7 heteroatoms. The lowest BCUT2D eigenvalue weighted by Gasteiger charge is -2.31. The van der Waals surface area contributed by atoms with E-state index in [2.05, 4.69) is 39.2 Å². The fourth-order valence-corrected chi connectivity index (χ4v) is 3.46. The second kappa shape index (κ2) is 6.85. The molecule has 1 aliphatic rings. The molecule has 2 aromatic rings. The molecule has 0 saturated carbocycles. The van der Waals surface area contributed by atoms with Crippen molar-refractivity contribution in [1.29, 1.82) is 0 Å². The minimum Gasteiger partial charge on any atom is -0.368 e. The quantitative estimate of drug-likeness (QED) is 0.845. The molecule has 1 aliphatic heterocycles. The van der Waals surface area contributed by atoms with Gasteiger partial charge in [0, 0.05) is 30.7 Å². The topological polar surface area (TPSA) is 56.1 Å². The predicted octanol–water partition coefficient (Wildman–Crippen LogP) is 2.27. The largest absolute Gasteiger partial charge is 0.368 e. The zero-order valence-electron chi connectivity index (χ0n) is 13.4. The van der Waals surface area contributed by atoms with Gasteiger partial charge in [-0.2, -0.15) is 5.10 Å². The fraction of sp³-hybridized carbons (Fsp3) is 0.667. The van der Waals surface area contributed by atoms with Gasteiger partial charge in [-0.05, 0) is 12.8 Å². The summed E-state index contributed by atoms with van der Waals surface area (Å²) in [6, 6.07) is 0. The average Bonchev–Trinajstić information content (AvgIpc) is 3.09. The highest BCUT2D eigenvalue weighted by atomic mass is 32.1. The number of hydrogen-bond acceptors (Lipinski definition) is 6. The molecule has 22 heavy (non-hydrogen) atoms. The molecule has 2 aromatic heterocycles. The number of aromatic nitrogens is 4. The maximum absolute atomic E-state index is 5.88. The summed E-state index contributed by atoms with van der Waals surface area (Å²) in [5, 5.41) is 7.49. The number of nitrogens with zero attached hydrogens (tertiary/aromatic N) is 5. The first-order valence-electron chi connectivity index (χ1n) is 7.74. The minimum absolute atomic E-state index is 0.0777. The Morgan fingerprint density at radius 2 is 2.32 bits per heavy atom. The maximum atomic E-state index is 5.88. The summed E-state index contributed by atoms with van der Waals surface area (Å²) in [7, 11) is 0. The van der Waals surface area contributed by atoms with Gasteiger partial charge in [-0.3, -0.25) is 4.90 Å². The fourth-order valence-electron chi connectivity index (χ4n) is 2.62. The van der Waals surface area contributed by atoms with Crippen molar-refractivity contribution < 1.29 is 4.74 Å². The van der Waals surface area contributed by atoms with Gasteiger partial charge in [-0.1, -0.05) is 13.8 Å². The molecular weight excluding hydrogens is 298 g/mol. The van der Waals surface area contributed by atoms with E-state index in [0.717, 1.165) is 49.3 Å². The highest BCUT2D eigenvalue weighted by Gasteiger charge is 2.25. The molecular formula is C15H23N5OS. The van der Waals surface area contributed by atoms with Crippen LogP contribution in [-0.2, 0) is 17.8 Å². The summed E-state index contributed by atoms with van der Waals surface area (Å²) in [5.41, 5.74) is 1.07. The lowest BCUT2D eigenvalue weighted by molar-refractivity contribution is -0.0342. The van der Waals surface area contributed by atoms with Crippen LogP contribution in [0, 0.1) is 12.8 Å². The first kappa shape index (κ1) is 15.6. The molecule has 1 atom stereocenters. The van der Waals surface area contributed by atoms with Gasteiger partial charge in [0.1, 0.15) is 23.3 Å². The second-order valence-corrected chi connectivity index (χ2v) is 7.06. The molecule has 0 radical (unpaired) electrons. The standard InChI is InChI=1S/C15H23N5OS/c1-11(2)6-20-14(16-10-17-20)8-19-4-5-21-13(7-19)15-18-12(3)9-22-15/h9-11,13H,4-8H2,1-3H3/t13-/m1/s1. The van der Waals surface area contributed by atoms with Crippen molar-refractivity contribution >= 4 is 11.3 Å². The van der Waals surface area contributed by atoms with Crippen LogP contribution in [0.1, 0.15) is 36.5 Å². The number of rotatable bonds is 5. The van der Waals surface area contributed by atoms with Crippen LogP contribution in [-0.4, -0.2) is 44.3 Å². The van der Waals surface area contributed by atoms with E-state index in [1.165, 1.54) is 0 Å². The number of aryl methyl sites for hydroxylation is 1. The van der Waals surface area contributed by atoms with Crippen LogP contribution in [0.15, 0.2) is 11.7 Å². The summed E-state index contributed by atoms with van der Waals surface area (Å²) in [6.45, 7) is 10.7. The van der Waals surface area contributed by atoms with E-state index in [1.54, 1.807) is 17.7 Å². The van der Waals surface area contributed by atoms with Gasteiger partial charge in [0.2, 0.25) is 0 Å². The van der Waals surface area contributed by atoms with Gasteiger partial charge < -0.3 is 4.74 Å². The normalized spacial score (nSPS) is 19.9. The van der Waals surface area contributed by atoms with Gasteiger partial charge in [-0.25, -0.2) is 14.6 Å². The Labute approximate surface area is 135 Å². The molecule has 120 valence electrons. The zero-order valence-corrected chi connectivity index (χ0v) is 14.2. The molecule has 0 unspecified atom stereocenters. The van der Waals surface area contributed by atoms with Gasteiger partial charge >= 0.3 is 0 Å². The molecule has 0 bridgehead atoms. The lowest BCUT2D eigenvalue weighted by atomic mass is 10.2. The monoisotopic (exact) mass is 321 g/mol. The molecule has 0 aliphatic carbocycles. The number of ether oxygens (including phenoxy) is 1. The van der Waals surface area contributed by atoms with Crippen LogP contribution in [0.4, 0.5) is 0 Å². The summed E-state index contributed by atoms with van der Waals surface area (Å²) in [5.74, 6) is 1.60. The van der Waals surface area contributed by atoms with Crippen LogP contribution in [0.2, 0.25) is 0 Å². The highest BCUT2D eigenvalue weighted by Crippen LogP contribution is 2.25. The summed E-state index contributed by atoms with van der Waals surface area (Å²) < 4.78 is 7.90. The third-order valence-electron chi connectivity index (χ3n) is 3.66. The summed E-state index contributed by atoms with van der Waals surface area (Å²) in [6.07, 6.45) is 1.73. The Bertz CT molecular complexity index is 609. The third-order valence-corrected chi connectivity index (χ3v) is 4.72. The first-order chi connectivity index (χ1) is 10.6. The van der Waals surface area contributed by atoms with Crippen molar-refractivity contribution in [3.05, 3.63) is 28.2 Å². The Kier molecular flexibility index (Phi) is 4.85. The Balaban J connectivity index is 1.64. The molecule has 0 spiro atoms. The lowest BCUT2D eigenvalue weighted by Crippen LogP contribution is -2.38. The van der Waals surface area contributed by atoms with E-state index < -0.39 is 0 Å². The smallest absolute Gasteiger partial charge is 0.141 e. The molecule has 0 aromatic carbocycles. The van der Waals surface area contributed by atoms with Crippen LogP contribution < -0.4 is 0 Å². The van der Waals surface area contributed by atoms with Crippen molar-refractivity contribution in [2.45, 2.75) is 40.0 Å². The van der Waals surface area contributed by atoms with Crippen molar-refractivity contribution in [2.24, 2.45) is 5.92 Å². The maximum Gasteiger partial charge on any atom is 0.141 e. The van der Waals surface area contributed by atoms with Crippen LogP contribution in [0.25, 0.3) is 0 Å². The van der Waals surface area contributed by atoms with Gasteiger partial charge in [0.25, 0.3) is 0 Å². The second-order valence-electron chi connectivity index (χ2n) is 6.17. The van der Waals surface area contributed by atoms with E-state index >= 15 is 0 Å². The van der Waals surface area contributed by atoms with Gasteiger partial charge in [0.15, 0.2) is 0 Å². The van der Waals surface area contributed by atoms with E-state index in [1.807, 2.05) is 11.6 Å². The van der Waals surface area contributed by atoms with E-state index in [9.17, 15) is 0 Å². The van der Waals surface area contributed by atoms with E-state index in [-0.39, 0.29) is 6.10 Å². The number of hydrogen-bond donors (Lipinski definition) is 0. The Morgan fingerprint density at radius 3 is 3.05 bits per heavy atom. The first-order valence-corrected chi connectivity index (χ1v) is 8.62. The third kappa shape index (κ3) is 3.71. The molecule has 3 heterocycles. The highest BCUT2D eigenvalue weighted by molar-refractivity contribution is 7.09. The van der Waals surface area contributed by atoms with Crippen molar-refractivity contribution in [3.63, 3.8) is 0 Å². The van der Waals surface area contributed by atoms with E-state index in [0.29, 0.717) is 5.92 Å². The van der Waals surface area contributed by atoms with Gasteiger partial charge in [-0.15, -0.1) is 11.3 Å². The Hall–Kier alpha value is -1.31. The predicted molar refractivity (Wildman–Crippen MR) is 85.7 cm³/mol. The number of morpholine rings is 1. The molecule has 0 amide bonds. The number of thiazole rings is 1. The molecule has 0 N–H and O–H groups in total. The zero-order chi connectivity index (χ0) is 15.5. The summed E-state index contributed by atoms with van der Waals surface area (Å²) in [4.78, 5) is 11.4. The molecule has 1 fully saturated rings. The van der Waals surface area contributed by atoms with Crippen LogP contribution in [0.5, 0.6) is 0 Å². The Morgan fingerprint density at radius 1 is 1.45 bits per heavy atom. The van der Waals surface area contributed by atoms with Gasteiger partial charge in [0.05, 0.1) is 13.2 Å². The van der Waals surface area contributed by atoms with Crippen molar-refractivity contribution in [1.82, 2.24) is 24.6 Å².